The molecule has 1 aromatic heterocycles. The van der Waals surface area contributed by atoms with Gasteiger partial charge in [0.1, 0.15) is 11.5 Å². The van der Waals surface area contributed by atoms with Gasteiger partial charge in [0.25, 0.3) is 11.8 Å². The first-order chi connectivity index (χ1) is 12.8. The number of carbonyl (C=O) groups excluding carboxylic acids is 2. The lowest BCUT2D eigenvalue weighted by atomic mass is 10.2. The van der Waals surface area contributed by atoms with E-state index < -0.39 is 28.9 Å². The first-order valence-electron chi connectivity index (χ1n) is 8.26. The summed E-state index contributed by atoms with van der Waals surface area (Å²) in [5, 5.41) is 2.35. The van der Waals surface area contributed by atoms with Gasteiger partial charge in [0, 0.05) is 31.7 Å². The van der Waals surface area contributed by atoms with Crippen LogP contribution in [0.5, 0.6) is 0 Å². The van der Waals surface area contributed by atoms with Crippen molar-refractivity contribution in [2.24, 2.45) is 0 Å². The molecule has 0 aliphatic carbocycles. The summed E-state index contributed by atoms with van der Waals surface area (Å²) in [7, 11) is 1.97. The van der Waals surface area contributed by atoms with Crippen molar-refractivity contribution in [1.29, 1.82) is 0 Å². The Kier molecular flexibility index (Phi) is 5.41. The number of amides is 2. The van der Waals surface area contributed by atoms with E-state index in [2.05, 4.69) is 15.2 Å². The third kappa shape index (κ3) is 4.25. The fourth-order valence-electron chi connectivity index (χ4n) is 2.67. The zero-order chi connectivity index (χ0) is 19.6. The molecule has 2 aromatic rings. The average Bonchev–Trinajstić information content (AvgIpc) is 2.66. The van der Waals surface area contributed by atoms with Gasteiger partial charge in [-0.3, -0.25) is 9.59 Å². The minimum absolute atomic E-state index is 0.0464. The zero-order valence-corrected chi connectivity index (χ0v) is 14.5. The highest BCUT2D eigenvalue weighted by atomic mass is 19.2. The lowest BCUT2D eigenvalue weighted by Gasteiger charge is -2.32. The third-order valence-electron chi connectivity index (χ3n) is 4.25. The van der Waals surface area contributed by atoms with Crippen LogP contribution < -0.4 is 5.32 Å². The summed E-state index contributed by atoms with van der Waals surface area (Å²) in [5.74, 6) is -5.67. The Bertz CT molecular complexity index is 860. The normalized spacial score (nSPS) is 14.9. The van der Waals surface area contributed by atoms with Crippen molar-refractivity contribution in [3.63, 3.8) is 0 Å². The lowest BCUT2D eigenvalue weighted by molar-refractivity contribution is 0.0658. The first-order valence-corrected chi connectivity index (χ1v) is 8.26. The maximum Gasteiger partial charge on any atom is 0.272 e. The standard InChI is InChI=1S/C18H17F3N4O2/c1-24-5-7-25(8-6-24)18(27)14-3-2-4-15(22-14)23-17(26)11-9-12(19)16(21)13(20)10-11/h2-4,9-10H,5-8H2,1H3,(H,22,23,26). The molecule has 0 saturated carbocycles. The van der Waals surface area contributed by atoms with E-state index in [0.717, 1.165) is 13.1 Å². The maximum absolute atomic E-state index is 13.3. The van der Waals surface area contributed by atoms with Crippen LogP contribution in [0.25, 0.3) is 0 Å². The van der Waals surface area contributed by atoms with Crippen LogP contribution in [0.2, 0.25) is 0 Å². The number of hydrogen-bond donors (Lipinski definition) is 1. The second kappa shape index (κ2) is 7.75. The van der Waals surface area contributed by atoms with E-state index in [1.807, 2.05) is 7.05 Å². The molecule has 2 amide bonds. The lowest BCUT2D eigenvalue weighted by Crippen LogP contribution is -2.47. The van der Waals surface area contributed by atoms with Gasteiger partial charge in [0.05, 0.1) is 0 Å². The predicted molar refractivity (Wildman–Crippen MR) is 91.9 cm³/mol. The number of anilines is 1. The van der Waals surface area contributed by atoms with Crippen molar-refractivity contribution < 1.29 is 22.8 Å². The van der Waals surface area contributed by atoms with Gasteiger partial charge < -0.3 is 15.1 Å². The highest BCUT2D eigenvalue weighted by Crippen LogP contribution is 2.16. The van der Waals surface area contributed by atoms with E-state index >= 15 is 0 Å². The van der Waals surface area contributed by atoms with Gasteiger partial charge in [-0.25, -0.2) is 18.2 Å². The third-order valence-corrected chi connectivity index (χ3v) is 4.25. The van der Waals surface area contributed by atoms with Crippen molar-refractivity contribution in [2.75, 3.05) is 38.5 Å². The van der Waals surface area contributed by atoms with Crippen LogP contribution >= 0.6 is 0 Å². The number of benzene rings is 1. The molecule has 1 N–H and O–H groups in total. The van der Waals surface area contributed by atoms with E-state index in [-0.39, 0.29) is 17.4 Å². The summed E-state index contributed by atoms with van der Waals surface area (Å²) in [6.07, 6.45) is 0. The summed E-state index contributed by atoms with van der Waals surface area (Å²) < 4.78 is 39.6. The minimum atomic E-state index is -1.65. The first kappa shape index (κ1) is 18.8. The van der Waals surface area contributed by atoms with E-state index in [9.17, 15) is 22.8 Å². The molecule has 27 heavy (non-hydrogen) atoms. The van der Waals surface area contributed by atoms with Gasteiger partial charge in [-0.05, 0) is 31.3 Å². The van der Waals surface area contributed by atoms with Gasteiger partial charge in [-0.15, -0.1) is 0 Å². The van der Waals surface area contributed by atoms with Crippen molar-refractivity contribution in [3.05, 3.63) is 59.0 Å². The van der Waals surface area contributed by atoms with Gasteiger partial charge >= 0.3 is 0 Å². The fraction of sp³-hybridized carbons (Fsp3) is 0.278. The van der Waals surface area contributed by atoms with E-state index in [1.165, 1.54) is 18.2 Å². The number of likely N-dealkylation sites (N-methyl/N-ethyl adjacent to an activating group) is 1. The van der Waals surface area contributed by atoms with Crippen molar-refractivity contribution in [3.8, 4) is 0 Å². The number of rotatable bonds is 3. The van der Waals surface area contributed by atoms with Crippen LogP contribution in [0.4, 0.5) is 19.0 Å². The Hall–Kier alpha value is -2.94. The molecule has 0 unspecified atom stereocenters. The Morgan fingerprint density at radius 3 is 2.30 bits per heavy atom. The van der Waals surface area contributed by atoms with Gasteiger partial charge in [-0.1, -0.05) is 6.07 Å². The van der Waals surface area contributed by atoms with Crippen molar-refractivity contribution >= 4 is 17.6 Å². The Morgan fingerprint density at radius 2 is 1.67 bits per heavy atom. The monoisotopic (exact) mass is 378 g/mol. The molecule has 0 radical (unpaired) electrons. The van der Waals surface area contributed by atoms with E-state index in [0.29, 0.717) is 25.2 Å². The van der Waals surface area contributed by atoms with Crippen molar-refractivity contribution in [1.82, 2.24) is 14.8 Å². The molecular formula is C18H17F3N4O2. The van der Waals surface area contributed by atoms with Gasteiger partial charge in [0.15, 0.2) is 17.5 Å². The van der Waals surface area contributed by atoms with Crippen molar-refractivity contribution in [2.45, 2.75) is 0 Å². The quantitative estimate of drug-likeness (QED) is 0.832. The number of aromatic nitrogens is 1. The molecule has 1 aliphatic heterocycles. The fourth-order valence-corrected chi connectivity index (χ4v) is 2.67. The summed E-state index contributed by atoms with van der Waals surface area (Å²) in [5.41, 5.74) is -0.252. The SMILES string of the molecule is CN1CCN(C(=O)c2cccc(NC(=O)c3cc(F)c(F)c(F)c3)n2)CC1. The highest BCUT2D eigenvalue weighted by molar-refractivity contribution is 6.04. The predicted octanol–water partition coefficient (Wildman–Crippen LogP) is 2.14. The molecule has 1 aromatic carbocycles. The van der Waals surface area contributed by atoms with Crippen LogP contribution in [-0.2, 0) is 0 Å². The van der Waals surface area contributed by atoms with Crippen LogP contribution in [0.3, 0.4) is 0 Å². The topological polar surface area (TPSA) is 65.5 Å². The average molecular weight is 378 g/mol. The number of pyridine rings is 1. The Labute approximate surface area is 153 Å². The van der Waals surface area contributed by atoms with E-state index in [4.69, 9.17) is 0 Å². The highest BCUT2D eigenvalue weighted by Gasteiger charge is 2.22. The van der Waals surface area contributed by atoms with Gasteiger partial charge in [0.2, 0.25) is 0 Å². The molecular weight excluding hydrogens is 361 g/mol. The number of piperazine rings is 1. The zero-order valence-electron chi connectivity index (χ0n) is 14.5. The smallest absolute Gasteiger partial charge is 0.272 e. The Balaban J connectivity index is 1.74. The van der Waals surface area contributed by atoms with Crippen LogP contribution in [0.1, 0.15) is 20.8 Å². The maximum atomic E-state index is 13.3. The molecule has 1 fully saturated rings. The van der Waals surface area contributed by atoms with E-state index in [1.54, 1.807) is 4.90 Å². The second-order valence-electron chi connectivity index (χ2n) is 6.21. The molecule has 2 heterocycles. The molecule has 1 aliphatic rings. The number of hydrogen-bond acceptors (Lipinski definition) is 4. The molecule has 0 bridgehead atoms. The number of carbonyl (C=O) groups is 2. The number of nitrogens with one attached hydrogen (secondary N) is 1. The molecule has 0 atom stereocenters. The molecule has 1 saturated heterocycles. The largest absolute Gasteiger partial charge is 0.335 e. The Morgan fingerprint density at radius 1 is 1.04 bits per heavy atom. The minimum Gasteiger partial charge on any atom is -0.335 e. The van der Waals surface area contributed by atoms with Gasteiger partial charge in [-0.2, -0.15) is 0 Å². The summed E-state index contributed by atoms with van der Waals surface area (Å²) in [4.78, 5) is 32.5. The number of halogens is 3. The van der Waals surface area contributed by atoms with Crippen LogP contribution in [0.15, 0.2) is 30.3 Å². The number of nitrogens with zero attached hydrogens (tertiary/aromatic N) is 3. The second-order valence-corrected chi connectivity index (χ2v) is 6.21. The molecule has 142 valence electrons. The van der Waals surface area contributed by atoms with Crippen LogP contribution in [-0.4, -0.2) is 59.8 Å². The summed E-state index contributed by atoms with van der Waals surface area (Å²) >= 11 is 0. The molecule has 9 heteroatoms. The molecule has 6 nitrogen and oxygen atoms in total. The summed E-state index contributed by atoms with van der Waals surface area (Å²) in [6.45, 7) is 2.65. The summed E-state index contributed by atoms with van der Waals surface area (Å²) in [6, 6.07) is 5.68. The molecule has 0 spiro atoms. The molecule has 3 rings (SSSR count). The van der Waals surface area contributed by atoms with Crippen LogP contribution in [0, 0.1) is 17.5 Å².